The molecule has 0 aromatic carbocycles. The number of amides is 3. The van der Waals surface area contributed by atoms with Crippen LogP contribution in [-0.4, -0.2) is 70.8 Å². The minimum Gasteiger partial charge on any atom is -0.449 e. The van der Waals surface area contributed by atoms with E-state index in [2.05, 4.69) is 14.9 Å². The van der Waals surface area contributed by atoms with Crippen molar-refractivity contribution in [2.75, 3.05) is 39.3 Å². The van der Waals surface area contributed by atoms with Crippen LogP contribution in [0.4, 0.5) is 9.59 Å². The number of carbonyl (C=O) groups excluding carboxylic acids is 2. The van der Waals surface area contributed by atoms with E-state index in [0.29, 0.717) is 32.2 Å². The zero-order chi connectivity index (χ0) is 16.8. The molecule has 0 unspecified atom stereocenters. The Morgan fingerprint density at radius 3 is 3.08 bits per heavy atom. The molecule has 3 rings (SSSR count). The molecular formula is C16H25N5O3. The maximum absolute atomic E-state index is 12.3. The van der Waals surface area contributed by atoms with Gasteiger partial charge in [0.25, 0.3) is 0 Å². The topological polar surface area (TPSA) is 79.7 Å². The summed E-state index contributed by atoms with van der Waals surface area (Å²) in [5.41, 5.74) is 0. The lowest BCUT2D eigenvalue weighted by Crippen LogP contribution is -2.48. The monoisotopic (exact) mass is 335 g/mol. The van der Waals surface area contributed by atoms with Gasteiger partial charge in [-0.2, -0.15) is 0 Å². The van der Waals surface area contributed by atoms with Crippen LogP contribution in [0, 0.1) is 5.92 Å². The summed E-state index contributed by atoms with van der Waals surface area (Å²) in [5.74, 6) is 0.454. The number of ether oxygens (including phenoxy) is 1. The average molecular weight is 335 g/mol. The molecule has 8 nitrogen and oxygen atoms in total. The fraction of sp³-hybridized carbons (Fsp3) is 0.688. The molecule has 1 atom stereocenters. The summed E-state index contributed by atoms with van der Waals surface area (Å²) in [6, 6.07) is -0.0456. The molecule has 8 heteroatoms. The highest BCUT2D eigenvalue weighted by atomic mass is 16.6. The lowest BCUT2D eigenvalue weighted by molar-refractivity contribution is 0.0731. The smallest absolute Gasteiger partial charge is 0.409 e. The molecule has 0 radical (unpaired) electrons. The van der Waals surface area contributed by atoms with Crippen LogP contribution in [0.1, 0.15) is 19.3 Å². The van der Waals surface area contributed by atoms with E-state index in [0.717, 1.165) is 38.9 Å². The zero-order valence-electron chi connectivity index (χ0n) is 13.9. The van der Waals surface area contributed by atoms with Gasteiger partial charge in [-0.15, -0.1) is 0 Å². The quantitative estimate of drug-likeness (QED) is 0.875. The van der Waals surface area contributed by atoms with E-state index >= 15 is 0 Å². The Kier molecular flexibility index (Phi) is 5.55. The fourth-order valence-corrected chi connectivity index (χ4v) is 3.30. The van der Waals surface area contributed by atoms with E-state index in [1.807, 2.05) is 17.4 Å². The van der Waals surface area contributed by atoms with E-state index in [1.165, 1.54) is 0 Å². The minimum absolute atomic E-state index is 0.0456. The van der Waals surface area contributed by atoms with Crippen molar-refractivity contribution in [2.24, 2.45) is 5.92 Å². The molecule has 0 saturated carbocycles. The van der Waals surface area contributed by atoms with Gasteiger partial charge in [0.2, 0.25) is 0 Å². The third-order valence-corrected chi connectivity index (χ3v) is 4.55. The van der Waals surface area contributed by atoms with Gasteiger partial charge in [0.15, 0.2) is 0 Å². The van der Waals surface area contributed by atoms with Gasteiger partial charge < -0.3 is 24.4 Å². The second kappa shape index (κ2) is 8.03. The summed E-state index contributed by atoms with van der Waals surface area (Å²) in [7, 11) is 0. The molecule has 2 aliphatic heterocycles. The number of aromatic nitrogens is 2. The summed E-state index contributed by atoms with van der Waals surface area (Å²) < 4.78 is 7.05. The molecule has 3 amide bonds. The third-order valence-electron chi connectivity index (χ3n) is 4.55. The Morgan fingerprint density at radius 2 is 2.29 bits per heavy atom. The first kappa shape index (κ1) is 16.6. The van der Waals surface area contributed by atoms with Crippen molar-refractivity contribution in [1.29, 1.82) is 0 Å². The fourth-order valence-electron chi connectivity index (χ4n) is 3.30. The second-order valence-corrected chi connectivity index (χ2v) is 6.40. The number of likely N-dealkylation sites (tertiary alicyclic amines) is 1. The first-order valence-electron chi connectivity index (χ1n) is 8.62. The number of hydrogen-bond acceptors (Lipinski definition) is 4. The van der Waals surface area contributed by atoms with Crippen LogP contribution >= 0.6 is 0 Å². The number of nitrogens with zero attached hydrogens (tertiary/aromatic N) is 4. The summed E-state index contributed by atoms with van der Waals surface area (Å²) in [6.07, 6.45) is 8.26. The van der Waals surface area contributed by atoms with Gasteiger partial charge in [-0.05, 0) is 25.2 Å². The van der Waals surface area contributed by atoms with E-state index in [9.17, 15) is 9.59 Å². The molecule has 1 aromatic heterocycles. The van der Waals surface area contributed by atoms with Crippen molar-refractivity contribution in [1.82, 2.24) is 24.7 Å². The summed E-state index contributed by atoms with van der Waals surface area (Å²) in [6.45, 7) is 4.59. The molecule has 2 aliphatic rings. The van der Waals surface area contributed by atoms with E-state index in [-0.39, 0.29) is 12.1 Å². The number of hydrogen-bond donors (Lipinski definition) is 1. The van der Waals surface area contributed by atoms with Crippen molar-refractivity contribution < 1.29 is 14.3 Å². The van der Waals surface area contributed by atoms with Crippen LogP contribution < -0.4 is 5.32 Å². The van der Waals surface area contributed by atoms with Gasteiger partial charge in [0.1, 0.15) is 0 Å². The molecule has 2 saturated heterocycles. The molecule has 1 aromatic rings. The van der Waals surface area contributed by atoms with Gasteiger partial charge >= 0.3 is 12.1 Å². The summed E-state index contributed by atoms with van der Waals surface area (Å²) >= 11 is 0. The van der Waals surface area contributed by atoms with Crippen molar-refractivity contribution in [3.8, 4) is 0 Å². The largest absolute Gasteiger partial charge is 0.449 e. The predicted molar refractivity (Wildman–Crippen MR) is 87.5 cm³/mol. The van der Waals surface area contributed by atoms with Crippen molar-refractivity contribution in [3.05, 3.63) is 18.7 Å². The summed E-state index contributed by atoms with van der Waals surface area (Å²) in [4.78, 5) is 31.4. The first-order valence-corrected chi connectivity index (χ1v) is 8.62. The average Bonchev–Trinajstić information content (AvgIpc) is 3.10. The number of rotatable bonds is 5. The molecular weight excluding hydrogens is 310 g/mol. The minimum atomic E-state index is -0.283. The highest BCUT2D eigenvalue weighted by Gasteiger charge is 2.24. The molecule has 3 heterocycles. The van der Waals surface area contributed by atoms with Crippen molar-refractivity contribution >= 4 is 12.1 Å². The Bertz CT molecular complexity index is 548. The lowest BCUT2D eigenvalue weighted by Gasteiger charge is -2.33. The molecule has 2 fully saturated rings. The van der Waals surface area contributed by atoms with Gasteiger partial charge in [0, 0.05) is 51.7 Å². The highest BCUT2D eigenvalue weighted by molar-refractivity contribution is 5.74. The zero-order valence-corrected chi connectivity index (χ0v) is 13.9. The molecule has 1 N–H and O–H groups in total. The number of piperidine rings is 1. The molecule has 0 aliphatic carbocycles. The van der Waals surface area contributed by atoms with E-state index in [1.54, 1.807) is 11.1 Å². The van der Waals surface area contributed by atoms with Gasteiger partial charge in [-0.25, -0.2) is 14.6 Å². The van der Waals surface area contributed by atoms with Crippen LogP contribution in [0.25, 0.3) is 0 Å². The number of nitrogens with one attached hydrogen (secondary N) is 1. The van der Waals surface area contributed by atoms with Crippen molar-refractivity contribution in [2.45, 2.75) is 25.8 Å². The van der Waals surface area contributed by atoms with Crippen LogP contribution in [0.2, 0.25) is 0 Å². The predicted octanol–water partition coefficient (Wildman–Crippen LogP) is 1.15. The van der Waals surface area contributed by atoms with Crippen molar-refractivity contribution in [3.63, 3.8) is 0 Å². The molecule has 0 spiro atoms. The Labute approximate surface area is 141 Å². The molecule has 24 heavy (non-hydrogen) atoms. The Hall–Kier alpha value is -2.25. The van der Waals surface area contributed by atoms with Crippen LogP contribution in [0.3, 0.4) is 0 Å². The number of imidazole rings is 1. The van der Waals surface area contributed by atoms with Crippen LogP contribution in [0.5, 0.6) is 0 Å². The van der Waals surface area contributed by atoms with Gasteiger partial charge in [-0.3, -0.25) is 0 Å². The van der Waals surface area contributed by atoms with E-state index in [4.69, 9.17) is 4.74 Å². The molecule has 132 valence electrons. The SMILES string of the molecule is O=C(NCCN1CCCOC1=O)N1CCC[C@H](Cn2ccnc2)C1. The number of carbonyl (C=O) groups is 2. The van der Waals surface area contributed by atoms with Crippen LogP contribution in [-0.2, 0) is 11.3 Å². The Balaban J connectivity index is 1.40. The third kappa shape index (κ3) is 4.39. The summed E-state index contributed by atoms with van der Waals surface area (Å²) in [5, 5.41) is 2.92. The first-order chi connectivity index (χ1) is 11.7. The second-order valence-electron chi connectivity index (χ2n) is 6.40. The van der Waals surface area contributed by atoms with Gasteiger partial charge in [-0.1, -0.05) is 0 Å². The highest BCUT2D eigenvalue weighted by Crippen LogP contribution is 2.18. The standard InChI is InChI=1S/C16H25N5O3/c22-15(18-5-9-20-7-2-10-24-16(20)23)21-6-1-3-14(12-21)11-19-8-4-17-13-19/h4,8,13-14H,1-3,5-7,9-12H2,(H,18,22)/t14-/m1/s1. The number of urea groups is 1. The van der Waals surface area contributed by atoms with Gasteiger partial charge in [0.05, 0.1) is 12.9 Å². The maximum atomic E-state index is 12.3. The van der Waals surface area contributed by atoms with Crippen LogP contribution in [0.15, 0.2) is 18.7 Å². The Morgan fingerprint density at radius 1 is 1.38 bits per heavy atom. The number of cyclic esters (lactones) is 1. The van der Waals surface area contributed by atoms with E-state index < -0.39 is 0 Å². The maximum Gasteiger partial charge on any atom is 0.409 e. The molecule has 0 bridgehead atoms. The normalized spacial score (nSPS) is 21.5. The lowest BCUT2D eigenvalue weighted by atomic mass is 9.98.